The fourth-order valence-corrected chi connectivity index (χ4v) is 2.16. The second-order valence-corrected chi connectivity index (χ2v) is 4.68. The number of hydrogen-bond acceptors (Lipinski definition) is 2. The third-order valence-electron chi connectivity index (χ3n) is 2.90. The first kappa shape index (κ1) is 13.6. The van der Waals surface area contributed by atoms with Crippen molar-refractivity contribution in [3.63, 3.8) is 0 Å². The predicted molar refractivity (Wildman–Crippen MR) is 77.4 cm³/mol. The molecular weight excluding hydrogens is 260 g/mol. The molecule has 1 unspecified atom stereocenters. The maximum atomic E-state index is 12.3. The molecule has 1 heterocycles. The van der Waals surface area contributed by atoms with Crippen LogP contribution in [0.25, 0.3) is 0 Å². The van der Waals surface area contributed by atoms with E-state index in [1.165, 1.54) is 0 Å². The van der Waals surface area contributed by atoms with E-state index in [2.05, 4.69) is 10.3 Å². The van der Waals surface area contributed by atoms with E-state index in [1.54, 1.807) is 24.5 Å². The molecule has 1 N–H and O–H groups in total. The van der Waals surface area contributed by atoms with Crippen LogP contribution in [0.3, 0.4) is 0 Å². The highest BCUT2D eigenvalue weighted by molar-refractivity contribution is 6.30. The molecule has 2 aromatic rings. The lowest BCUT2D eigenvalue weighted by Crippen LogP contribution is -2.20. The van der Waals surface area contributed by atoms with Crippen LogP contribution >= 0.6 is 11.6 Å². The van der Waals surface area contributed by atoms with E-state index in [1.807, 2.05) is 31.2 Å². The van der Waals surface area contributed by atoms with Gasteiger partial charge in [0.2, 0.25) is 5.91 Å². The minimum Gasteiger partial charge on any atom is -0.324 e. The largest absolute Gasteiger partial charge is 0.324 e. The van der Waals surface area contributed by atoms with Gasteiger partial charge in [-0.15, -0.1) is 0 Å². The number of nitrogens with one attached hydrogen (secondary N) is 1. The fourth-order valence-electron chi connectivity index (χ4n) is 1.96. The van der Waals surface area contributed by atoms with Crippen LogP contribution in [0.2, 0.25) is 5.02 Å². The Bertz CT molecular complexity index is 557. The topological polar surface area (TPSA) is 42.0 Å². The van der Waals surface area contributed by atoms with Gasteiger partial charge in [0.1, 0.15) is 0 Å². The van der Waals surface area contributed by atoms with E-state index >= 15 is 0 Å². The predicted octanol–water partition coefficient (Wildman–Crippen LogP) is 3.87. The molecule has 4 heteroatoms. The maximum Gasteiger partial charge on any atom is 0.231 e. The van der Waals surface area contributed by atoms with Gasteiger partial charge in [-0.1, -0.05) is 30.7 Å². The Hall–Kier alpha value is -1.87. The normalized spacial score (nSPS) is 11.9. The molecular formula is C15H15ClN2O. The van der Waals surface area contributed by atoms with Crippen LogP contribution in [0.4, 0.5) is 5.69 Å². The lowest BCUT2D eigenvalue weighted by Gasteiger charge is -2.15. The molecule has 0 aliphatic rings. The first-order chi connectivity index (χ1) is 9.20. The number of anilines is 1. The van der Waals surface area contributed by atoms with Crippen LogP contribution in [0, 0.1) is 0 Å². The van der Waals surface area contributed by atoms with Crippen LogP contribution in [0.5, 0.6) is 0 Å². The minimum absolute atomic E-state index is 0.0437. The van der Waals surface area contributed by atoms with Crippen molar-refractivity contribution in [2.24, 2.45) is 0 Å². The van der Waals surface area contributed by atoms with Gasteiger partial charge in [-0.25, -0.2) is 0 Å². The highest BCUT2D eigenvalue weighted by Crippen LogP contribution is 2.24. The van der Waals surface area contributed by atoms with Crippen molar-refractivity contribution in [1.82, 2.24) is 4.98 Å². The van der Waals surface area contributed by atoms with Gasteiger partial charge in [0.05, 0.1) is 17.8 Å². The summed E-state index contributed by atoms with van der Waals surface area (Å²) in [4.78, 5) is 16.2. The average molecular weight is 275 g/mol. The van der Waals surface area contributed by atoms with E-state index in [4.69, 9.17) is 11.6 Å². The van der Waals surface area contributed by atoms with E-state index in [-0.39, 0.29) is 11.8 Å². The number of pyridine rings is 1. The monoisotopic (exact) mass is 274 g/mol. The zero-order valence-electron chi connectivity index (χ0n) is 10.6. The third-order valence-corrected chi connectivity index (χ3v) is 3.14. The van der Waals surface area contributed by atoms with Gasteiger partial charge >= 0.3 is 0 Å². The molecule has 2 rings (SSSR count). The zero-order chi connectivity index (χ0) is 13.7. The van der Waals surface area contributed by atoms with Crippen molar-refractivity contribution in [1.29, 1.82) is 0 Å². The third kappa shape index (κ3) is 3.55. The molecule has 3 nitrogen and oxygen atoms in total. The van der Waals surface area contributed by atoms with Crippen LogP contribution < -0.4 is 5.32 Å². The van der Waals surface area contributed by atoms with Crippen molar-refractivity contribution in [3.8, 4) is 0 Å². The smallest absolute Gasteiger partial charge is 0.231 e. The van der Waals surface area contributed by atoms with E-state index in [9.17, 15) is 4.79 Å². The number of halogens is 1. The number of benzene rings is 1. The molecule has 0 aliphatic heterocycles. The van der Waals surface area contributed by atoms with Crippen molar-refractivity contribution >= 4 is 23.2 Å². The number of amides is 1. The average Bonchev–Trinajstić information content (AvgIpc) is 2.41. The van der Waals surface area contributed by atoms with Gasteiger partial charge in [0, 0.05) is 11.2 Å². The molecule has 0 bridgehead atoms. The molecule has 1 atom stereocenters. The van der Waals surface area contributed by atoms with E-state index in [0.29, 0.717) is 17.1 Å². The summed E-state index contributed by atoms with van der Waals surface area (Å²) < 4.78 is 0. The second-order valence-electron chi connectivity index (χ2n) is 4.25. The highest BCUT2D eigenvalue weighted by atomic mass is 35.5. The van der Waals surface area contributed by atoms with Gasteiger partial charge < -0.3 is 5.32 Å². The molecule has 1 aromatic carbocycles. The minimum atomic E-state index is -0.209. The molecule has 98 valence electrons. The summed E-state index contributed by atoms with van der Waals surface area (Å²) in [7, 11) is 0. The molecule has 0 radical (unpaired) electrons. The Balaban J connectivity index is 2.16. The Morgan fingerprint density at radius 2 is 2.21 bits per heavy atom. The van der Waals surface area contributed by atoms with E-state index in [0.717, 1.165) is 5.56 Å². The summed E-state index contributed by atoms with van der Waals surface area (Å²) in [6.45, 7) is 1.98. The standard InChI is InChI=1S/C15H15ClN2O/c1-2-14(11-5-3-6-12(16)9-11)15(19)18-13-7-4-8-17-10-13/h3-10,14H,2H2,1H3,(H,18,19). The zero-order valence-corrected chi connectivity index (χ0v) is 11.4. The number of rotatable bonds is 4. The number of carbonyl (C=O) groups is 1. The fraction of sp³-hybridized carbons (Fsp3) is 0.200. The van der Waals surface area contributed by atoms with Gasteiger partial charge in [-0.3, -0.25) is 9.78 Å². The number of hydrogen-bond donors (Lipinski definition) is 1. The Labute approximate surface area is 117 Å². The SMILES string of the molecule is CCC(C(=O)Nc1cccnc1)c1cccc(Cl)c1. The molecule has 0 saturated carbocycles. The van der Waals surface area contributed by atoms with Crippen LogP contribution in [0.1, 0.15) is 24.8 Å². The molecule has 0 aliphatic carbocycles. The lowest BCUT2D eigenvalue weighted by atomic mass is 9.95. The van der Waals surface area contributed by atoms with Crippen LogP contribution in [-0.4, -0.2) is 10.9 Å². The van der Waals surface area contributed by atoms with Crippen molar-refractivity contribution in [2.45, 2.75) is 19.3 Å². The summed E-state index contributed by atoms with van der Waals surface area (Å²) >= 11 is 5.97. The Morgan fingerprint density at radius 1 is 1.37 bits per heavy atom. The highest BCUT2D eigenvalue weighted by Gasteiger charge is 2.18. The molecule has 0 spiro atoms. The number of carbonyl (C=O) groups excluding carboxylic acids is 1. The summed E-state index contributed by atoms with van der Waals surface area (Å²) in [6, 6.07) is 11.0. The van der Waals surface area contributed by atoms with Crippen molar-refractivity contribution < 1.29 is 4.79 Å². The van der Waals surface area contributed by atoms with Gasteiger partial charge in [0.25, 0.3) is 0 Å². The molecule has 19 heavy (non-hydrogen) atoms. The van der Waals surface area contributed by atoms with Gasteiger partial charge in [-0.05, 0) is 36.2 Å². The number of nitrogens with zero attached hydrogens (tertiary/aromatic N) is 1. The van der Waals surface area contributed by atoms with Crippen LogP contribution in [-0.2, 0) is 4.79 Å². The molecule has 1 amide bonds. The molecule has 0 saturated heterocycles. The first-order valence-electron chi connectivity index (χ1n) is 6.17. The second kappa shape index (κ2) is 6.34. The summed E-state index contributed by atoms with van der Waals surface area (Å²) in [5.41, 5.74) is 1.63. The Kier molecular flexibility index (Phi) is 4.53. The van der Waals surface area contributed by atoms with E-state index < -0.39 is 0 Å². The maximum absolute atomic E-state index is 12.3. The summed E-state index contributed by atoms with van der Waals surface area (Å²) in [5, 5.41) is 3.51. The van der Waals surface area contributed by atoms with Gasteiger partial charge in [0.15, 0.2) is 0 Å². The summed E-state index contributed by atoms with van der Waals surface area (Å²) in [5.74, 6) is -0.253. The van der Waals surface area contributed by atoms with Gasteiger partial charge in [-0.2, -0.15) is 0 Å². The molecule has 1 aromatic heterocycles. The summed E-state index contributed by atoms with van der Waals surface area (Å²) in [6.07, 6.45) is 4.01. The Morgan fingerprint density at radius 3 is 2.84 bits per heavy atom. The van der Waals surface area contributed by atoms with Crippen molar-refractivity contribution in [2.75, 3.05) is 5.32 Å². The molecule has 0 fully saturated rings. The quantitative estimate of drug-likeness (QED) is 0.920. The first-order valence-corrected chi connectivity index (χ1v) is 6.55. The van der Waals surface area contributed by atoms with Crippen LogP contribution in [0.15, 0.2) is 48.8 Å². The van der Waals surface area contributed by atoms with Crippen molar-refractivity contribution in [3.05, 3.63) is 59.4 Å². The lowest BCUT2D eigenvalue weighted by molar-refractivity contribution is -0.117. The number of aromatic nitrogens is 1.